The van der Waals surface area contributed by atoms with Crippen LogP contribution in [-0.4, -0.2) is 0 Å². The lowest BCUT2D eigenvalue weighted by Crippen LogP contribution is -1.91. The highest BCUT2D eigenvalue weighted by atomic mass is 16.5. The summed E-state index contributed by atoms with van der Waals surface area (Å²) in [7, 11) is 0. The molecule has 0 aromatic heterocycles. The van der Waals surface area contributed by atoms with Crippen molar-refractivity contribution < 1.29 is 4.74 Å². The molecular formula is C23H24O. The van der Waals surface area contributed by atoms with Gasteiger partial charge in [-0.25, -0.2) is 0 Å². The fourth-order valence-corrected chi connectivity index (χ4v) is 2.74. The smallest absolute Gasteiger partial charge is 0.127 e. The molecule has 0 N–H and O–H groups in total. The normalized spacial score (nSPS) is 10.7. The van der Waals surface area contributed by atoms with E-state index in [2.05, 4.69) is 70.2 Å². The third-order valence-electron chi connectivity index (χ3n) is 4.62. The minimum absolute atomic E-state index is 0.877. The Morgan fingerprint density at radius 2 is 1.08 bits per heavy atom. The summed E-state index contributed by atoms with van der Waals surface area (Å²) in [6, 6.07) is 21.3. The monoisotopic (exact) mass is 316 g/mol. The first-order chi connectivity index (χ1) is 11.5. The highest BCUT2D eigenvalue weighted by Crippen LogP contribution is 2.24. The molecule has 0 saturated heterocycles. The van der Waals surface area contributed by atoms with Gasteiger partial charge in [0.2, 0.25) is 0 Å². The molecule has 0 fully saturated rings. The molecule has 0 radical (unpaired) electrons. The van der Waals surface area contributed by atoms with E-state index in [9.17, 15) is 0 Å². The molecule has 0 bridgehead atoms. The van der Waals surface area contributed by atoms with Crippen molar-refractivity contribution in [3.63, 3.8) is 0 Å². The summed E-state index contributed by atoms with van der Waals surface area (Å²) in [5.74, 6) is 1.77. The molecule has 0 heterocycles. The topological polar surface area (TPSA) is 9.23 Å². The van der Waals surface area contributed by atoms with Gasteiger partial charge >= 0.3 is 0 Å². The van der Waals surface area contributed by atoms with Crippen LogP contribution in [0.3, 0.4) is 0 Å². The quantitative estimate of drug-likeness (QED) is 0.548. The maximum Gasteiger partial charge on any atom is 0.127 e. The van der Waals surface area contributed by atoms with Crippen molar-refractivity contribution in [3.8, 4) is 11.5 Å². The molecule has 0 saturated carbocycles. The summed E-state index contributed by atoms with van der Waals surface area (Å²) in [5, 5.41) is 0. The van der Waals surface area contributed by atoms with Crippen LogP contribution >= 0.6 is 0 Å². The Hall–Kier alpha value is -2.54. The maximum absolute atomic E-state index is 5.95. The lowest BCUT2D eigenvalue weighted by Gasteiger charge is -2.09. The Kier molecular flexibility index (Phi) is 4.71. The fraction of sp³-hybridized carbons (Fsp3) is 0.217. The number of hydrogen-bond donors (Lipinski definition) is 0. The molecule has 0 aliphatic carbocycles. The first-order valence-corrected chi connectivity index (χ1v) is 8.41. The number of rotatable bonds is 4. The van der Waals surface area contributed by atoms with Crippen LogP contribution in [0.5, 0.6) is 11.5 Å². The average molecular weight is 316 g/mol. The minimum Gasteiger partial charge on any atom is -0.457 e. The van der Waals surface area contributed by atoms with Crippen molar-refractivity contribution in [2.24, 2.45) is 0 Å². The highest BCUT2D eigenvalue weighted by Gasteiger charge is 2.02. The second-order valence-electron chi connectivity index (χ2n) is 6.59. The lowest BCUT2D eigenvalue weighted by atomic mass is 10.0. The van der Waals surface area contributed by atoms with Crippen LogP contribution in [-0.2, 0) is 6.42 Å². The SMILES string of the molecule is Cc1ccc(Cc2ccc(Oc3ccc(C)c(C)c3)cc2)cc1C. The third-order valence-corrected chi connectivity index (χ3v) is 4.62. The summed E-state index contributed by atoms with van der Waals surface area (Å²) < 4.78 is 5.95. The van der Waals surface area contributed by atoms with Crippen molar-refractivity contribution in [3.05, 3.63) is 94.0 Å². The molecule has 122 valence electrons. The van der Waals surface area contributed by atoms with Gasteiger partial charge in [-0.3, -0.25) is 0 Å². The molecule has 0 unspecified atom stereocenters. The summed E-state index contributed by atoms with van der Waals surface area (Å²) >= 11 is 0. The summed E-state index contributed by atoms with van der Waals surface area (Å²) in [5.41, 5.74) is 7.87. The number of hydrogen-bond acceptors (Lipinski definition) is 1. The first kappa shape index (κ1) is 16.3. The van der Waals surface area contributed by atoms with E-state index in [-0.39, 0.29) is 0 Å². The van der Waals surface area contributed by atoms with Gasteiger partial charge in [-0.2, -0.15) is 0 Å². The number of aryl methyl sites for hydroxylation is 4. The van der Waals surface area contributed by atoms with Gasteiger partial charge in [-0.05, 0) is 91.8 Å². The van der Waals surface area contributed by atoms with Crippen LogP contribution in [0, 0.1) is 27.7 Å². The molecule has 3 aromatic carbocycles. The van der Waals surface area contributed by atoms with Gasteiger partial charge in [0.15, 0.2) is 0 Å². The third kappa shape index (κ3) is 3.86. The zero-order chi connectivity index (χ0) is 17.1. The Balaban J connectivity index is 1.70. The van der Waals surface area contributed by atoms with Crippen LogP contribution in [0.15, 0.2) is 60.7 Å². The van der Waals surface area contributed by atoms with Crippen molar-refractivity contribution in [1.29, 1.82) is 0 Å². The minimum atomic E-state index is 0.877. The van der Waals surface area contributed by atoms with Crippen molar-refractivity contribution >= 4 is 0 Å². The summed E-state index contributed by atoms with van der Waals surface area (Å²) in [6.07, 6.45) is 0.949. The first-order valence-electron chi connectivity index (χ1n) is 8.41. The van der Waals surface area contributed by atoms with Crippen molar-refractivity contribution in [2.75, 3.05) is 0 Å². The van der Waals surface area contributed by atoms with Crippen molar-refractivity contribution in [1.82, 2.24) is 0 Å². The largest absolute Gasteiger partial charge is 0.457 e. The standard InChI is InChI=1S/C23H24O/c1-16-5-7-21(13-18(16)3)15-20-8-11-22(12-9-20)24-23-10-6-17(2)19(4)14-23/h5-14H,15H2,1-4H3. The van der Waals surface area contributed by atoms with Gasteiger partial charge in [-0.1, -0.05) is 36.4 Å². The van der Waals surface area contributed by atoms with Gasteiger partial charge in [0.25, 0.3) is 0 Å². The second-order valence-corrected chi connectivity index (χ2v) is 6.59. The highest BCUT2D eigenvalue weighted by molar-refractivity contribution is 5.39. The van der Waals surface area contributed by atoms with Crippen LogP contribution in [0.2, 0.25) is 0 Å². The molecule has 1 nitrogen and oxygen atoms in total. The molecule has 24 heavy (non-hydrogen) atoms. The van der Waals surface area contributed by atoms with E-state index in [1.807, 2.05) is 18.2 Å². The predicted octanol–water partition coefficient (Wildman–Crippen LogP) is 6.30. The van der Waals surface area contributed by atoms with E-state index < -0.39 is 0 Å². The molecular weight excluding hydrogens is 292 g/mol. The molecule has 3 rings (SSSR count). The van der Waals surface area contributed by atoms with E-state index in [0.29, 0.717) is 0 Å². The van der Waals surface area contributed by atoms with Gasteiger partial charge in [0, 0.05) is 0 Å². The van der Waals surface area contributed by atoms with Crippen LogP contribution in [0.4, 0.5) is 0 Å². The average Bonchev–Trinajstić information content (AvgIpc) is 2.56. The molecule has 0 atom stereocenters. The van der Waals surface area contributed by atoms with Crippen LogP contribution in [0.25, 0.3) is 0 Å². The summed E-state index contributed by atoms with van der Waals surface area (Å²) in [4.78, 5) is 0. The Bertz CT molecular complexity index is 772. The maximum atomic E-state index is 5.95. The zero-order valence-electron chi connectivity index (χ0n) is 14.9. The number of benzene rings is 3. The predicted molar refractivity (Wildman–Crippen MR) is 101 cm³/mol. The van der Waals surface area contributed by atoms with Gasteiger partial charge in [0.1, 0.15) is 11.5 Å². The van der Waals surface area contributed by atoms with E-state index in [1.54, 1.807) is 0 Å². The molecule has 3 aromatic rings. The zero-order valence-corrected chi connectivity index (χ0v) is 14.9. The molecule has 0 aliphatic rings. The van der Waals surface area contributed by atoms with Gasteiger partial charge in [-0.15, -0.1) is 0 Å². The van der Waals surface area contributed by atoms with E-state index in [1.165, 1.54) is 33.4 Å². The Morgan fingerprint density at radius 3 is 1.71 bits per heavy atom. The summed E-state index contributed by atoms with van der Waals surface area (Å²) in [6.45, 7) is 8.53. The van der Waals surface area contributed by atoms with Crippen LogP contribution in [0.1, 0.15) is 33.4 Å². The molecule has 0 aliphatic heterocycles. The molecule has 1 heteroatoms. The van der Waals surface area contributed by atoms with E-state index in [0.717, 1.165) is 17.9 Å². The van der Waals surface area contributed by atoms with Crippen molar-refractivity contribution in [2.45, 2.75) is 34.1 Å². The van der Waals surface area contributed by atoms with Gasteiger partial charge < -0.3 is 4.74 Å². The molecule has 0 spiro atoms. The van der Waals surface area contributed by atoms with Crippen LogP contribution < -0.4 is 4.74 Å². The Morgan fingerprint density at radius 1 is 0.542 bits per heavy atom. The Labute approximate surface area is 144 Å². The molecule has 0 amide bonds. The lowest BCUT2D eigenvalue weighted by molar-refractivity contribution is 0.482. The van der Waals surface area contributed by atoms with E-state index in [4.69, 9.17) is 4.74 Å². The number of ether oxygens (including phenoxy) is 1. The van der Waals surface area contributed by atoms with E-state index >= 15 is 0 Å². The fourth-order valence-electron chi connectivity index (χ4n) is 2.74. The van der Waals surface area contributed by atoms with Gasteiger partial charge in [0.05, 0.1) is 0 Å². The second kappa shape index (κ2) is 6.92.